The van der Waals surface area contributed by atoms with Crippen molar-refractivity contribution in [2.75, 3.05) is 7.05 Å². The van der Waals surface area contributed by atoms with E-state index in [1.54, 1.807) is 17.5 Å². The van der Waals surface area contributed by atoms with E-state index in [0.29, 0.717) is 0 Å². The summed E-state index contributed by atoms with van der Waals surface area (Å²) in [5.74, 6) is 0. The van der Waals surface area contributed by atoms with E-state index >= 15 is 0 Å². The Hall–Kier alpha value is -1.69. The maximum Gasteiger partial charge on any atom is 0.0931 e. The minimum absolute atomic E-state index is 0.0164. The van der Waals surface area contributed by atoms with Gasteiger partial charge in [-0.25, -0.2) is 4.68 Å². The predicted molar refractivity (Wildman–Crippen MR) is 81.6 cm³/mol. The first-order chi connectivity index (χ1) is 9.79. The molecule has 0 spiro atoms. The number of benzene rings is 1. The van der Waals surface area contributed by atoms with Crippen molar-refractivity contribution < 1.29 is 0 Å². The first-order valence-electron chi connectivity index (χ1n) is 6.18. The highest BCUT2D eigenvalue weighted by molar-refractivity contribution is 7.16. The van der Waals surface area contributed by atoms with Crippen LogP contribution >= 0.6 is 22.9 Å². The Morgan fingerprint density at radius 3 is 2.65 bits per heavy atom. The number of hydrogen-bond donors (Lipinski definition) is 1. The number of para-hydroxylation sites is 1. The molecule has 0 aliphatic carbocycles. The van der Waals surface area contributed by atoms with Crippen molar-refractivity contribution in [1.29, 1.82) is 0 Å². The van der Waals surface area contributed by atoms with Gasteiger partial charge >= 0.3 is 0 Å². The third kappa shape index (κ3) is 2.47. The van der Waals surface area contributed by atoms with Gasteiger partial charge in [-0.1, -0.05) is 35.0 Å². The van der Waals surface area contributed by atoms with Crippen LogP contribution in [0, 0.1) is 0 Å². The number of thiophene rings is 1. The van der Waals surface area contributed by atoms with Crippen molar-refractivity contribution in [3.63, 3.8) is 0 Å². The highest BCUT2D eigenvalue weighted by Crippen LogP contribution is 2.31. The average molecular weight is 305 g/mol. The molecule has 0 fully saturated rings. The summed E-state index contributed by atoms with van der Waals surface area (Å²) in [5.41, 5.74) is 1.97. The Labute approximate surface area is 126 Å². The molecular formula is C14H13ClN4S. The number of nitrogens with zero attached hydrogens (tertiary/aromatic N) is 3. The molecule has 0 aliphatic rings. The fourth-order valence-corrected chi connectivity index (χ4v) is 3.31. The molecule has 1 N–H and O–H groups in total. The van der Waals surface area contributed by atoms with Crippen LogP contribution < -0.4 is 5.32 Å². The summed E-state index contributed by atoms with van der Waals surface area (Å²) in [6, 6.07) is 13.9. The monoisotopic (exact) mass is 304 g/mol. The SMILES string of the molecule is CNC(c1ccc(Cl)s1)c1cnnn1-c1ccccc1. The molecule has 0 saturated carbocycles. The number of nitrogens with one attached hydrogen (secondary N) is 1. The number of hydrogen-bond acceptors (Lipinski definition) is 4. The Morgan fingerprint density at radius 2 is 2.00 bits per heavy atom. The number of aromatic nitrogens is 3. The third-order valence-corrected chi connectivity index (χ3v) is 4.34. The van der Waals surface area contributed by atoms with Crippen LogP contribution in [-0.4, -0.2) is 22.0 Å². The smallest absolute Gasteiger partial charge is 0.0931 e. The Bertz CT molecular complexity index is 692. The lowest BCUT2D eigenvalue weighted by atomic mass is 10.2. The molecule has 20 heavy (non-hydrogen) atoms. The zero-order chi connectivity index (χ0) is 13.9. The summed E-state index contributed by atoms with van der Waals surface area (Å²) in [5, 5.41) is 11.5. The van der Waals surface area contributed by atoms with Crippen LogP contribution in [0.2, 0.25) is 4.34 Å². The van der Waals surface area contributed by atoms with Crippen molar-refractivity contribution in [2.24, 2.45) is 0 Å². The van der Waals surface area contributed by atoms with E-state index in [1.165, 1.54) is 0 Å². The molecule has 2 heterocycles. The zero-order valence-electron chi connectivity index (χ0n) is 10.8. The molecular weight excluding hydrogens is 292 g/mol. The molecule has 0 saturated heterocycles. The maximum atomic E-state index is 6.03. The quantitative estimate of drug-likeness (QED) is 0.804. The summed E-state index contributed by atoms with van der Waals surface area (Å²) in [6.07, 6.45) is 1.78. The minimum Gasteiger partial charge on any atom is -0.307 e. The normalized spacial score (nSPS) is 12.5. The van der Waals surface area contributed by atoms with Crippen LogP contribution in [0.5, 0.6) is 0 Å². The molecule has 3 rings (SSSR count). The fourth-order valence-electron chi connectivity index (χ4n) is 2.13. The van der Waals surface area contributed by atoms with Gasteiger partial charge in [-0.2, -0.15) is 0 Å². The summed E-state index contributed by atoms with van der Waals surface area (Å²) in [7, 11) is 1.92. The van der Waals surface area contributed by atoms with Crippen molar-refractivity contribution in [2.45, 2.75) is 6.04 Å². The van der Waals surface area contributed by atoms with Gasteiger partial charge in [0.2, 0.25) is 0 Å². The van der Waals surface area contributed by atoms with Crippen LogP contribution in [0.15, 0.2) is 48.7 Å². The van der Waals surface area contributed by atoms with Crippen molar-refractivity contribution >= 4 is 22.9 Å². The topological polar surface area (TPSA) is 42.7 Å². The molecule has 0 bridgehead atoms. The Balaban J connectivity index is 2.04. The lowest BCUT2D eigenvalue weighted by molar-refractivity contribution is 0.642. The van der Waals surface area contributed by atoms with Gasteiger partial charge in [0, 0.05) is 4.88 Å². The molecule has 1 aromatic carbocycles. The van der Waals surface area contributed by atoms with Gasteiger partial charge in [0.15, 0.2) is 0 Å². The molecule has 0 aliphatic heterocycles. The third-order valence-electron chi connectivity index (χ3n) is 3.04. The van der Waals surface area contributed by atoms with E-state index in [-0.39, 0.29) is 6.04 Å². The van der Waals surface area contributed by atoms with Crippen LogP contribution in [-0.2, 0) is 0 Å². The second kappa shape index (κ2) is 5.75. The molecule has 6 heteroatoms. The standard InChI is InChI=1S/C14H13ClN4S/c1-16-14(12-7-8-13(15)20-12)11-9-17-18-19(11)10-5-3-2-4-6-10/h2-9,14,16H,1H3. The molecule has 102 valence electrons. The van der Waals surface area contributed by atoms with Crippen molar-refractivity contribution in [3.8, 4) is 5.69 Å². The summed E-state index contributed by atoms with van der Waals surface area (Å²) in [6.45, 7) is 0. The molecule has 1 unspecified atom stereocenters. The van der Waals surface area contributed by atoms with E-state index in [1.807, 2.05) is 54.2 Å². The van der Waals surface area contributed by atoms with Gasteiger partial charge in [-0.05, 0) is 31.3 Å². The van der Waals surface area contributed by atoms with Gasteiger partial charge in [-0.3, -0.25) is 0 Å². The number of halogens is 1. The molecule has 1 atom stereocenters. The van der Waals surface area contributed by atoms with Crippen molar-refractivity contribution in [3.05, 3.63) is 63.6 Å². The molecule has 2 aromatic heterocycles. The lowest BCUT2D eigenvalue weighted by Crippen LogP contribution is -2.20. The highest BCUT2D eigenvalue weighted by Gasteiger charge is 2.20. The minimum atomic E-state index is 0.0164. The van der Waals surface area contributed by atoms with Gasteiger partial charge in [-0.15, -0.1) is 16.4 Å². The Morgan fingerprint density at radius 1 is 1.20 bits per heavy atom. The van der Waals surface area contributed by atoms with E-state index in [2.05, 4.69) is 15.6 Å². The highest BCUT2D eigenvalue weighted by atomic mass is 35.5. The predicted octanol–water partition coefficient (Wildman–Crippen LogP) is 3.29. The van der Waals surface area contributed by atoms with Gasteiger partial charge < -0.3 is 5.32 Å². The fraction of sp³-hybridized carbons (Fsp3) is 0.143. The maximum absolute atomic E-state index is 6.03. The van der Waals surface area contributed by atoms with E-state index in [0.717, 1.165) is 20.6 Å². The Kier molecular flexibility index (Phi) is 3.82. The molecule has 0 radical (unpaired) electrons. The zero-order valence-corrected chi connectivity index (χ0v) is 12.4. The second-order valence-corrected chi connectivity index (χ2v) is 6.02. The average Bonchev–Trinajstić information content (AvgIpc) is 3.11. The van der Waals surface area contributed by atoms with Crippen LogP contribution in [0.4, 0.5) is 0 Å². The van der Waals surface area contributed by atoms with E-state index in [9.17, 15) is 0 Å². The second-order valence-electron chi connectivity index (χ2n) is 4.27. The largest absolute Gasteiger partial charge is 0.307 e. The molecule has 3 aromatic rings. The first kappa shape index (κ1) is 13.3. The molecule has 4 nitrogen and oxygen atoms in total. The summed E-state index contributed by atoms with van der Waals surface area (Å²) >= 11 is 7.59. The van der Waals surface area contributed by atoms with E-state index in [4.69, 9.17) is 11.6 Å². The van der Waals surface area contributed by atoms with Gasteiger partial charge in [0.05, 0.1) is 28.0 Å². The number of rotatable bonds is 4. The summed E-state index contributed by atoms with van der Waals surface area (Å²) in [4.78, 5) is 1.14. The van der Waals surface area contributed by atoms with Gasteiger partial charge in [0.25, 0.3) is 0 Å². The van der Waals surface area contributed by atoms with Crippen LogP contribution in [0.25, 0.3) is 5.69 Å². The van der Waals surface area contributed by atoms with Gasteiger partial charge in [0.1, 0.15) is 0 Å². The van der Waals surface area contributed by atoms with Crippen molar-refractivity contribution in [1.82, 2.24) is 20.3 Å². The van der Waals surface area contributed by atoms with Crippen LogP contribution in [0.3, 0.4) is 0 Å². The first-order valence-corrected chi connectivity index (χ1v) is 7.37. The summed E-state index contributed by atoms with van der Waals surface area (Å²) < 4.78 is 2.62. The molecule has 0 amide bonds. The van der Waals surface area contributed by atoms with Crippen LogP contribution in [0.1, 0.15) is 16.6 Å². The lowest BCUT2D eigenvalue weighted by Gasteiger charge is -2.15. The van der Waals surface area contributed by atoms with E-state index < -0.39 is 0 Å².